The van der Waals surface area contributed by atoms with Gasteiger partial charge in [0.05, 0.1) is 0 Å². The summed E-state index contributed by atoms with van der Waals surface area (Å²) in [4.78, 5) is 12.0. The molecule has 0 bridgehead atoms. The molecule has 0 aliphatic rings. The first kappa shape index (κ1) is 15.1. The third-order valence-corrected chi connectivity index (χ3v) is 4.17. The Balaban J connectivity index is 1.88. The molecule has 0 aliphatic heterocycles. The van der Waals surface area contributed by atoms with Gasteiger partial charge in [0.15, 0.2) is 0 Å². The number of halogens is 2. The van der Waals surface area contributed by atoms with Gasteiger partial charge in [0, 0.05) is 21.6 Å². The van der Waals surface area contributed by atoms with Crippen molar-refractivity contribution in [2.45, 2.75) is 13.3 Å². The fourth-order valence-corrected chi connectivity index (χ4v) is 2.23. The van der Waals surface area contributed by atoms with Crippen molar-refractivity contribution in [2.75, 3.05) is 6.54 Å². The number of rotatable bonds is 4. The molecule has 2 rings (SSSR count). The van der Waals surface area contributed by atoms with Crippen LogP contribution in [0, 0.1) is 6.92 Å². The van der Waals surface area contributed by atoms with Gasteiger partial charge in [-0.3, -0.25) is 4.79 Å². The fraction of sp³-hybridized carbons (Fsp3) is 0.188. The van der Waals surface area contributed by atoms with E-state index in [1.54, 1.807) is 0 Å². The second-order valence-electron chi connectivity index (χ2n) is 4.60. The van der Waals surface area contributed by atoms with Gasteiger partial charge in [-0.2, -0.15) is 0 Å². The predicted octanol–water partition coefficient (Wildman–Crippen LogP) is 4.38. The molecule has 0 saturated heterocycles. The molecule has 1 N–H and O–H groups in total. The van der Waals surface area contributed by atoms with Crippen molar-refractivity contribution in [3.63, 3.8) is 0 Å². The van der Waals surface area contributed by atoms with Crippen molar-refractivity contribution in [3.05, 3.63) is 68.7 Å². The Morgan fingerprint density at radius 3 is 2.55 bits per heavy atom. The van der Waals surface area contributed by atoms with E-state index in [1.165, 1.54) is 0 Å². The largest absolute Gasteiger partial charge is 0.352 e. The van der Waals surface area contributed by atoms with Gasteiger partial charge in [0.2, 0.25) is 0 Å². The third kappa shape index (κ3) is 4.09. The first-order valence-corrected chi connectivity index (χ1v) is 7.52. The fourth-order valence-electron chi connectivity index (χ4n) is 1.86. The van der Waals surface area contributed by atoms with Crippen molar-refractivity contribution in [3.8, 4) is 0 Å². The second kappa shape index (κ2) is 6.91. The molecule has 4 heteroatoms. The summed E-state index contributed by atoms with van der Waals surface area (Å²) in [6.45, 7) is 2.57. The van der Waals surface area contributed by atoms with E-state index in [4.69, 9.17) is 11.6 Å². The maximum Gasteiger partial charge on any atom is 0.251 e. The minimum atomic E-state index is -0.0467. The van der Waals surface area contributed by atoms with Crippen molar-refractivity contribution < 1.29 is 4.79 Å². The van der Waals surface area contributed by atoms with Gasteiger partial charge in [-0.1, -0.05) is 39.7 Å². The summed E-state index contributed by atoms with van der Waals surface area (Å²) in [6.07, 6.45) is 0.790. The van der Waals surface area contributed by atoms with E-state index in [2.05, 4.69) is 21.2 Å². The van der Waals surface area contributed by atoms with Crippen LogP contribution in [-0.2, 0) is 6.42 Å². The Morgan fingerprint density at radius 1 is 1.20 bits per heavy atom. The van der Waals surface area contributed by atoms with Crippen LogP contribution in [0.3, 0.4) is 0 Å². The smallest absolute Gasteiger partial charge is 0.251 e. The highest BCUT2D eigenvalue weighted by Crippen LogP contribution is 2.17. The average molecular weight is 353 g/mol. The molecular weight excluding hydrogens is 338 g/mol. The lowest BCUT2D eigenvalue weighted by atomic mass is 10.1. The average Bonchev–Trinajstić information content (AvgIpc) is 2.44. The minimum Gasteiger partial charge on any atom is -0.352 e. The number of hydrogen-bond donors (Lipinski definition) is 1. The summed E-state index contributed by atoms with van der Waals surface area (Å²) in [5.74, 6) is -0.0467. The molecule has 104 valence electrons. The topological polar surface area (TPSA) is 29.1 Å². The van der Waals surface area contributed by atoms with Gasteiger partial charge in [0.1, 0.15) is 0 Å². The van der Waals surface area contributed by atoms with Crippen LogP contribution < -0.4 is 5.32 Å². The maximum absolute atomic E-state index is 12.0. The Hall–Kier alpha value is -1.32. The highest BCUT2D eigenvalue weighted by atomic mass is 79.9. The van der Waals surface area contributed by atoms with Crippen LogP contribution in [-0.4, -0.2) is 12.5 Å². The minimum absolute atomic E-state index is 0.0467. The van der Waals surface area contributed by atoms with Gasteiger partial charge in [-0.25, -0.2) is 0 Å². The Bertz CT molecular complexity index is 610. The number of hydrogen-bond acceptors (Lipinski definition) is 1. The third-order valence-electron chi connectivity index (χ3n) is 3.03. The van der Waals surface area contributed by atoms with Crippen LogP contribution in [0.4, 0.5) is 0 Å². The molecular formula is C16H15BrClNO. The van der Waals surface area contributed by atoms with Crippen LogP contribution in [0.1, 0.15) is 21.5 Å². The number of aryl methyl sites for hydroxylation is 1. The molecule has 0 aromatic heterocycles. The molecule has 0 unspecified atom stereocenters. The van der Waals surface area contributed by atoms with E-state index in [-0.39, 0.29) is 5.91 Å². The van der Waals surface area contributed by atoms with Crippen LogP contribution in [0.25, 0.3) is 0 Å². The quantitative estimate of drug-likeness (QED) is 0.869. The molecule has 0 radical (unpaired) electrons. The molecule has 0 spiro atoms. The molecule has 2 nitrogen and oxygen atoms in total. The molecule has 0 fully saturated rings. The zero-order valence-electron chi connectivity index (χ0n) is 11.1. The summed E-state index contributed by atoms with van der Waals surface area (Å²) >= 11 is 9.26. The van der Waals surface area contributed by atoms with Crippen molar-refractivity contribution in [1.29, 1.82) is 0 Å². The monoisotopic (exact) mass is 351 g/mol. The van der Waals surface area contributed by atoms with Crippen LogP contribution in [0.5, 0.6) is 0 Å². The van der Waals surface area contributed by atoms with E-state index in [1.807, 2.05) is 49.4 Å². The number of carbonyl (C=O) groups is 1. The summed E-state index contributed by atoms with van der Waals surface area (Å²) in [5.41, 5.74) is 2.89. The molecule has 0 atom stereocenters. The van der Waals surface area contributed by atoms with Gasteiger partial charge >= 0.3 is 0 Å². The molecule has 1 amide bonds. The highest BCUT2D eigenvalue weighted by Gasteiger charge is 2.06. The summed E-state index contributed by atoms with van der Waals surface area (Å²) in [6, 6.07) is 13.2. The van der Waals surface area contributed by atoms with E-state index < -0.39 is 0 Å². The summed E-state index contributed by atoms with van der Waals surface area (Å²) in [7, 11) is 0. The number of carbonyl (C=O) groups excluding carboxylic acids is 1. The van der Waals surface area contributed by atoms with Crippen molar-refractivity contribution in [1.82, 2.24) is 5.32 Å². The van der Waals surface area contributed by atoms with E-state index >= 15 is 0 Å². The summed E-state index contributed by atoms with van der Waals surface area (Å²) < 4.78 is 1.01. The van der Waals surface area contributed by atoms with Gasteiger partial charge in [-0.05, 0) is 54.8 Å². The van der Waals surface area contributed by atoms with E-state index in [9.17, 15) is 4.79 Å². The first-order valence-electron chi connectivity index (χ1n) is 6.35. The number of nitrogens with one attached hydrogen (secondary N) is 1. The Kier molecular flexibility index (Phi) is 5.21. The SMILES string of the molecule is Cc1cc(C(=O)NCCc2ccc(Cl)cc2)ccc1Br. The zero-order valence-corrected chi connectivity index (χ0v) is 13.5. The van der Waals surface area contributed by atoms with Crippen LogP contribution in [0.15, 0.2) is 46.9 Å². The molecule has 2 aromatic rings. The highest BCUT2D eigenvalue weighted by molar-refractivity contribution is 9.10. The van der Waals surface area contributed by atoms with Gasteiger partial charge in [0.25, 0.3) is 5.91 Å². The standard InChI is InChI=1S/C16H15BrClNO/c1-11-10-13(4-7-15(11)17)16(20)19-9-8-12-2-5-14(18)6-3-12/h2-7,10H,8-9H2,1H3,(H,19,20). The lowest BCUT2D eigenvalue weighted by Crippen LogP contribution is -2.25. The summed E-state index contributed by atoms with van der Waals surface area (Å²) in [5, 5.41) is 3.65. The lowest BCUT2D eigenvalue weighted by molar-refractivity contribution is 0.0954. The number of amides is 1. The van der Waals surface area contributed by atoms with Crippen molar-refractivity contribution in [2.24, 2.45) is 0 Å². The molecule has 20 heavy (non-hydrogen) atoms. The lowest BCUT2D eigenvalue weighted by Gasteiger charge is -2.07. The first-order chi connectivity index (χ1) is 9.56. The molecule has 0 heterocycles. The second-order valence-corrected chi connectivity index (χ2v) is 5.89. The van der Waals surface area contributed by atoms with Gasteiger partial charge < -0.3 is 5.32 Å². The van der Waals surface area contributed by atoms with Crippen LogP contribution in [0.2, 0.25) is 5.02 Å². The Morgan fingerprint density at radius 2 is 1.90 bits per heavy atom. The van der Waals surface area contributed by atoms with Crippen molar-refractivity contribution >= 4 is 33.4 Å². The maximum atomic E-state index is 12.0. The molecule has 0 aliphatic carbocycles. The van der Waals surface area contributed by atoms with E-state index in [0.29, 0.717) is 12.1 Å². The van der Waals surface area contributed by atoms with E-state index in [0.717, 1.165) is 27.0 Å². The zero-order chi connectivity index (χ0) is 14.5. The van der Waals surface area contributed by atoms with Crippen LogP contribution >= 0.6 is 27.5 Å². The van der Waals surface area contributed by atoms with Gasteiger partial charge in [-0.15, -0.1) is 0 Å². The molecule has 2 aromatic carbocycles. The predicted molar refractivity (Wildman–Crippen MR) is 86.4 cm³/mol. The molecule has 0 saturated carbocycles. The Labute approximate surface area is 132 Å². The number of benzene rings is 2. The normalized spacial score (nSPS) is 10.3.